The van der Waals surface area contributed by atoms with Gasteiger partial charge in [0.25, 0.3) is 0 Å². The normalized spacial score (nSPS) is 12.2. The van der Waals surface area contributed by atoms with Crippen molar-refractivity contribution in [3.63, 3.8) is 0 Å². The Balaban J connectivity index is 2.81. The average molecular weight is 308 g/mol. The number of aromatic nitrogens is 2. The summed E-state index contributed by atoms with van der Waals surface area (Å²) < 4.78 is 13.9. The van der Waals surface area contributed by atoms with E-state index < -0.39 is 0 Å². The van der Waals surface area contributed by atoms with Gasteiger partial charge in [0.1, 0.15) is 12.2 Å². The molecule has 0 saturated carbocycles. The van der Waals surface area contributed by atoms with Crippen molar-refractivity contribution in [2.75, 3.05) is 19.8 Å². The molecule has 0 aliphatic carbocycles. The summed E-state index contributed by atoms with van der Waals surface area (Å²) in [5.41, 5.74) is 3.69. The second-order valence-corrected chi connectivity index (χ2v) is 5.84. The molecule has 0 spiro atoms. The third-order valence-electron chi connectivity index (χ3n) is 3.66. The van der Waals surface area contributed by atoms with E-state index in [1.165, 1.54) is 5.57 Å². The van der Waals surface area contributed by atoms with Gasteiger partial charge in [-0.25, -0.2) is 9.37 Å². The maximum absolute atomic E-state index is 12.0. The summed E-state index contributed by atoms with van der Waals surface area (Å²) in [6.45, 7) is 9.21. The van der Waals surface area contributed by atoms with Crippen LogP contribution in [-0.2, 0) is 6.42 Å². The number of alkyl halides is 1. The quantitative estimate of drug-likeness (QED) is 0.688. The van der Waals surface area contributed by atoms with Crippen molar-refractivity contribution in [2.45, 2.75) is 53.0 Å². The highest BCUT2D eigenvalue weighted by Gasteiger charge is 2.08. The van der Waals surface area contributed by atoms with Gasteiger partial charge in [0.15, 0.2) is 0 Å². The van der Waals surface area contributed by atoms with E-state index in [0.29, 0.717) is 12.0 Å². The molecule has 0 aliphatic heterocycles. The van der Waals surface area contributed by atoms with Crippen molar-refractivity contribution in [1.82, 2.24) is 14.9 Å². The van der Waals surface area contributed by atoms with E-state index >= 15 is 0 Å². The minimum Gasteiger partial charge on any atom is -0.315 e. The molecule has 4 nitrogen and oxygen atoms in total. The Morgan fingerprint density at radius 2 is 2.18 bits per heavy atom. The molecule has 0 saturated heterocycles. The molecule has 2 N–H and O–H groups in total. The van der Waals surface area contributed by atoms with Crippen molar-refractivity contribution in [1.29, 1.82) is 5.41 Å². The molecule has 22 heavy (non-hydrogen) atoms. The molecule has 1 rings (SSSR count). The van der Waals surface area contributed by atoms with Crippen molar-refractivity contribution in [2.24, 2.45) is 0 Å². The Morgan fingerprint density at radius 3 is 2.77 bits per heavy atom. The molecule has 5 heteroatoms. The van der Waals surface area contributed by atoms with Gasteiger partial charge in [0, 0.05) is 18.2 Å². The number of hydrogen-bond donors (Lipinski definition) is 2. The summed E-state index contributed by atoms with van der Waals surface area (Å²) in [5, 5.41) is 11.4. The summed E-state index contributed by atoms with van der Waals surface area (Å²) in [6.07, 6.45) is 6.58. The lowest BCUT2D eigenvalue weighted by Crippen LogP contribution is -2.26. The molecule has 1 aromatic heterocycles. The summed E-state index contributed by atoms with van der Waals surface area (Å²) in [7, 11) is 0. The second-order valence-electron chi connectivity index (χ2n) is 5.84. The van der Waals surface area contributed by atoms with E-state index in [2.05, 4.69) is 44.1 Å². The van der Waals surface area contributed by atoms with Gasteiger partial charge < -0.3 is 9.88 Å². The molecule has 0 unspecified atom stereocenters. The first kappa shape index (κ1) is 18.6. The number of allylic oxidation sites excluding steroid dienone is 1. The Morgan fingerprint density at radius 1 is 1.45 bits per heavy atom. The Labute approximate surface area is 133 Å². The van der Waals surface area contributed by atoms with Crippen molar-refractivity contribution < 1.29 is 4.39 Å². The van der Waals surface area contributed by atoms with Gasteiger partial charge >= 0.3 is 0 Å². The van der Waals surface area contributed by atoms with Gasteiger partial charge in [-0.2, -0.15) is 0 Å². The molecule has 1 aromatic rings. The summed E-state index contributed by atoms with van der Waals surface area (Å²) >= 11 is 0. The van der Waals surface area contributed by atoms with Crippen LogP contribution in [0.4, 0.5) is 4.39 Å². The molecular formula is C17H29FN4. The fourth-order valence-corrected chi connectivity index (χ4v) is 2.39. The van der Waals surface area contributed by atoms with Gasteiger partial charge in [-0.05, 0) is 52.7 Å². The number of hydrogen-bond acceptors (Lipinski definition) is 3. The zero-order valence-electron chi connectivity index (χ0n) is 14.2. The molecule has 124 valence electrons. The largest absolute Gasteiger partial charge is 0.315 e. The van der Waals surface area contributed by atoms with Crippen molar-refractivity contribution in [3.05, 3.63) is 28.6 Å². The fraction of sp³-hybridized carbons (Fsp3) is 0.647. The van der Waals surface area contributed by atoms with Gasteiger partial charge in [0.2, 0.25) is 0 Å². The summed E-state index contributed by atoms with van der Waals surface area (Å²) in [4.78, 5) is 4.53. The first-order valence-corrected chi connectivity index (χ1v) is 8.09. The van der Waals surface area contributed by atoms with Crippen LogP contribution in [-0.4, -0.2) is 29.3 Å². The lowest BCUT2D eigenvalue weighted by Gasteiger charge is -2.14. The van der Waals surface area contributed by atoms with Gasteiger partial charge in [-0.1, -0.05) is 12.5 Å². The Hall–Kier alpha value is -1.49. The van der Waals surface area contributed by atoms with E-state index in [-0.39, 0.29) is 12.7 Å². The summed E-state index contributed by atoms with van der Waals surface area (Å²) in [6, 6.07) is 0.242. The molecule has 0 amide bonds. The van der Waals surface area contributed by atoms with E-state index in [0.717, 1.165) is 37.1 Å². The van der Waals surface area contributed by atoms with Gasteiger partial charge in [0.05, 0.1) is 12.0 Å². The van der Waals surface area contributed by atoms with Crippen LogP contribution in [0, 0.1) is 5.41 Å². The lowest BCUT2D eigenvalue weighted by molar-refractivity contribution is 0.465. The van der Waals surface area contributed by atoms with Crippen LogP contribution in [0.25, 0.3) is 6.08 Å². The van der Waals surface area contributed by atoms with Crippen LogP contribution in [0.3, 0.4) is 0 Å². The van der Waals surface area contributed by atoms with Crippen LogP contribution >= 0.6 is 0 Å². The number of nitrogens with zero attached hydrogens (tertiary/aromatic N) is 2. The minimum atomic E-state index is -0.315. The summed E-state index contributed by atoms with van der Waals surface area (Å²) in [5.74, 6) is 0. The predicted molar refractivity (Wildman–Crippen MR) is 89.6 cm³/mol. The molecule has 1 heterocycles. The van der Waals surface area contributed by atoms with Crippen LogP contribution in [0.2, 0.25) is 0 Å². The molecular weight excluding hydrogens is 279 g/mol. The van der Waals surface area contributed by atoms with Crippen molar-refractivity contribution in [3.8, 4) is 0 Å². The van der Waals surface area contributed by atoms with E-state index in [9.17, 15) is 4.39 Å². The van der Waals surface area contributed by atoms with Crippen LogP contribution < -0.4 is 10.8 Å². The molecule has 0 aliphatic rings. The van der Waals surface area contributed by atoms with Crippen LogP contribution in [0.5, 0.6) is 0 Å². The maximum atomic E-state index is 12.0. The minimum absolute atomic E-state index is 0.242. The van der Waals surface area contributed by atoms with Crippen LogP contribution in [0.1, 0.15) is 57.8 Å². The van der Waals surface area contributed by atoms with E-state index in [4.69, 9.17) is 5.41 Å². The second kappa shape index (κ2) is 9.51. The third kappa shape index (κ3) is 5.37. The standard InChI is InChI=1S/C17H29FN4/c1-5-15-16(21-12-22(13(2)3)17(15)19)11-14(4)7-6-9-20-10-8-18/h11-13,19-20H,5-10H2,1-4H3/b14-11+,19-17?. The number of halogens is 1. The molecule has 0 bridgehead atoms. The smallest absolute Gasteiger partial charge is 0.131 e. The first-order valence-electron chi connectivity index (χ1n) is 8.09. The van der Waals surface area contributed by atoms with E-state index in [1.807, 2.05) is 4.57 Å². The predicted octanol–water partition coefficient (Wildman–Crippen LogP) is 3.25. The highest BCUT2D eigenvalue weighted by atomic mass is 19.1. The molecule has 0 aromatic carbocycles. The fourth-order valence-electron chi connectivity index (χ4n) is 2.39. The van der Waals surface area contributed by atoms with Crippen LogP contribution in [0.15, 0.2) is 11.9 Å². The molecule has 0 atom stereocenters. The Bertz CT molecular complexity index is 546. The zero-order valence-corrected chi connectivity index (χ0v) is 14.2. The monoisotopic (exact) mass is 308 g/mol. The number of rotatable bonds is 9. The lowest BCUT2D eigenvalue weighted by atomic mass is 10.1. The topological polar surface area (TPSA) is 53.7 Å². The third-order valence-corrected chi connectivity index (χ3v) is 3.66. The highest BCUT2D eigenvalue weighted by molar-refractivity contribution is 5.51. The average Bonchev–Trinajstić information content (AvgIpc) is 2.47. The molecule has 0 radical (unpaired) electrons. The Kier molecular flexibility index (Phi) is 8.02. The highest BCUT2D eigenvalue weighted by Crippen LogP contribution is 2.12. The van der Waals surface area contributed by atoms with Gasteiger partial charge in [-0.15, -0.1) is 0 Å². The molecule has 0 fully saturated rings. The zero-order chi connectivity index (χ0) is 16.5. The maximum Gasteiger partial charge on any atom is 0.131 e. The number of nitrogens with one attached hydrogen (secondary N) is 2. The van der Waals surface area contributed by atoms with Gasteiger partial charge in [-0.3, -0.25) is 5.41 Å². The van der Waals surface area contributed by atoms with E-state index in [1.54, 1.807) is 6.33 Å². The first-order chi connectivity index (χ1) is 10.5. The SMILES string of the molecule is CCc1c(/C=C(\C)CCCNCCF)ncn(C(C)C)c1=N. The van der Waals surface area contributed by atoms with Crippen molar-refractivity contribution >= 4 is 6.08 Å².